The molecule has 1 saturated carbocycles. The van der Waals surface area contributed by atoms with Gasteiger partial charge in [0, 0.05) is 12.0 Å². The number of hydrogen-bond donors (Lipinski definition) is 4. The summed E-state index contributed by atoms with van der Waals surface area (Å²) in [5.74, 6) is 0.293. The molecule has 0 aliphatic heterocycles. The standard InChI is InChI=1S/C15H31N3O2/c1-14(2,13(16)18-20)8-6-7-11-17-12-15(19)9-4-3-5-10-15/h17,19-20H,3-12H2,1-2H3,(H2,16,18). The fourth-order valence-corrected chi connectivity index (χ4v) is 2.79. The number of amidine groups is 1. The monoisotopic (exact) mass is 285 g/mol. The van der Waals surface area contributed by atoms with E-state index in [1.54, 1.807) is 0 Å². The minimum Gasteiger partial charge on any atom is -0.409 e. The van der Waals surface area contributed by atoms with Gasteiger partial charge in [-0.05, 0) is 32.2 Å². The zero-order valence-electron chi connectivity index (χ0n) is 13.0. The van der Waals surface area contributed by atoms with Crippen molar-refractivity contribution >= 4 is 5.84 Å². The second-order valence-electron chi connectivity index (χ2n) is 6.79. The van der Waals surface area contributed by atoms with Crippen LogP contribution in [0.15, 0.2) is 5.16 Å². The van der Waals surface area contributed by atoms with Crippen LogP contribution in [0.2, 0.25) is 0 Å². The van der Waals surface area contributed by atoms with Crippen LogP contribution in [-0.4, -0.2) is 34.8 Å². The number of oxime groups is 1. The maximum atomic E-state index is 10.3. The van der Waals surface area contributed by atoms with Crippen molar-refractivity contribution < 1.29 is 10.3 Å². The van der Waals surface area contributed by atoms with Crippen molar-refractivity contribution in [1.29, 1.82) is 0 Å². The molecule has 5 N–H and O–H groups in total. The molecular weight excluding hydrogens is 254 g/mol. The summed E-state index contributed by atoms with van der Waals surface area (Å²) in [6, 6.07) is 0. The van der Waals surface area contributed by atoms with Gasteiger partial charge in [-0.3, -0.25) is 0 Å². The number of nitrogens with one attached hydrogen (secondary N) is 1. The quantitative estimate of drug-likeness (QED) is 0.181. The van der Waals surface area contributed by atoms with Crippen LogP contribution in [0, 0.1) is 5.41 Å². The zero-order valence-corrected chi connectivity index (χ0v) is 13.0. The fourth-order valence-electron chi connectivity index (χ4n) is 2.79. The zero-order chi connectivity index (χ0) is 15.1. The van der Waals surface area contributed by atoms with E-state index in [9.17, 15) is 5.11 Å². The van der Waals surface area contributed by atoms with Crippen molar-refractivity contribution in [2.75, 3.05) is 13.1 Å². The van der Waals surface area contributed by atoms with Crippen LogP contribution in [0.5, 0.6) is 0 Å². The molecule has 1 aliphatic rings. The van der Waals surface area contributed by atoms with Gasteiger partial charge in [0.1, 0.15) is 5.84 Å². The van der Waals surface area contributed by atoms with Crippen molar-refractivity contribution in [3.8, 4) is 0 Å². The first-order valence-corrected chi connectivity index (χ1v) is 7.81. The van der Waals surface area contributed by atoms with Crippen molar-refractivity contribution in [3.05, 3.63) is 0 Å². The lowest BCUT2D eigenvalue weighted by molar-refractivity contribution is 0.00501. The van der Waals surface area contributed by atoms with Crippen molar-refractivity contribution in [2.24, 2.45) is 16.3 Å². The minimum absolute atomic E-state index is 0.254. The Labute approximate surface area is 122 Å². The first kappa shape index (κ1) is 17.2. The smallest absolute Gasteiger partial charge is 0.144 e. The van der Waals surface area contributed by atoms with E-state index in [1.807, 2.05) is 13.8 Å². The summed E-state index contributed by atoms with van der Waals surface area (Å²) in [6.07, 6.45) is 8.36. The van der Waals surface area contributed by atoms with Gasteiger partial charge in [-0.15, -0.1) is 0 Å². The van der Waals surface area contributed by atoms with Crippen molar-refractivity contribution in [3.63, 3.8) is 0 Å². The Morgan fingerprint density at radius 1 is 1.25 bits per heavy atom. The van der Waals surface area contributed by atoms with Crippen LogP contribution in [0.25, 0.3) is 0 Å². The van der Waals surface area contributed by atoms with Gasteiger partial charge in [-0.2, -0.15) is 0 Å². The van der Waals surface area contributed by atoms with E-state index in [4.69, 9.17) is 10.9 Å². The molecule has 0 unspecified atom stereocenters. The van der Waals surface area contributed by atoms with Gasteiger partial charge < -0.3 is 21.4 Å². The van der Waals surface area contributed by atoms with Crippen LogP contribution in [0.3, 0.4) is 0 Å². The van der Waals surface area contributed by atoms with E-state index in [0.29, 0.717) is 12.4 Å². The van der Waals surface area contributed by atoms with E-state index in [0.717, 1.165) is 51.5 Å². The lowest BCUT2D eigenvalue weighted by Crippen LogP contribution is -2.42. The molecule has 1 rings (SSSR count). The number of rotatable bonds is 8. The Morgan fingerprint density at radius 3 is 2.50 bits per heavy atom. The lowest BCUT2D eigenvalue weighted by Gasteiger charge is -2.32. The number of aliphatic hydroxyl groups is 1. The molecule has 0 aromatic rings. The Morgan fingerprint density at radius 2 is 1.90 bits per heavy atom. The van der Waals surface area contributed by atoms with Crippen LogP contribution < -0.4 is 11.1 Å². The molecule has 118 valence electrons. The normalized spacial score (nSPS) is 20.1. The van der Waals surface area contributed by atoms with Gasteiger partial charge in [-0.25, -0.2) is 0 Å². The summed E-state index contributed by atoms with van der Waals surface area (Å²) in [6.45, 7) is 5.59. The summed E-state index contributed by atoms with van der Waals surface area (Å²) in [7, 11) is 0. The summed E-state index contributed by atoms with van der Waals surface area (Å²) in [5.41, 5.74) is 4.92. The van der Waals surface area contributed by atoms with Crippen LogP contribution in [0.1, 0.15) is 65.2 Å². The van der Waals surface area contributed by atoms with E-state index in [-0.39, 0.29) is 5.41 Å². The van der Waals surface area contributed by atoms with Gasteiger partial charge in [-0.1, -0.05) is 44.7 Å². The summed E-state index contributed by atoms with van der Waals surface area (Å²) >= 11 is 0. The maximum Gasteiger partial charge on any atom is 0.144 e. The van der Waals surface area contributed by atoms with Crippen molar-refractivity contribution in [2.45, 2.75) is 70.8 Å². The van der Waals surface area contributed by atoms with Gasteiger partial charge >= 0.3 is 0 Å². The van der Waals surface area contributed by atoms with Gasteiger partial charge in [0.25, 0.3) is 0 Å². The number of nitrogens with two attached hydrogens (primary N) is 1. The molecule has 0 aromatic heterocycles. The van der Waals surface area contributed by atoms with E-state index in [2.05, 4.69) is 10.5 Å². The molecule has 5 heteroatoms. The van der Waals surface area contributed by atoms with Crippen LogP contribution in [-0.2, 0) is 0 Å². The average molecular weight is 285 g/mol. The Bertz CT molecular complexity index is 310. The summed E-state index contributed by atoms with van der Waals surface area (Å²) in [4.78, 5) is 0. The van der Waals surface area contributed by atoms with Gasteiger partial charge in [0.15, 0.2) is 0 Å². The lowest BCUT2D eigenvalue weighted by atomic mass is 9.84. The number of hydrogen-bond acceptors (Lipinski definition) is 4. The Balaban J connectivity index is 2.10. The van der Waals surface area contributed by atoms with Crippen molar-refractivity contribution in [1.82, 2.24) is 5.32 Å². The molecule has 20 heavy (non-hydrogen) atoms. The predicted molar refractivity (Wildman–Crippen MR) is 81.9 cm³/mol. The second kappa shape index (κ2) is 7.84. The highest BCUT2D eigenvalue weighted by molar-refractivity contribution is 5.85. The summed E-state index contributed by atoms with van der Waals surface area (Å²) in [5, 5.41) is 25.5. The molecule has 0 saturated heterocycles. The summed E-state index contributed by atoms with van der Waals surface area (Å²) < 4.78 is 0. The second-order valence-corrected chi connectivity index (χ2v) is 6.79. The molecule has 0 aromatic carbocycles. The Hall–Kier alpha value is -0.810. The maximum absolute atomic E-state index is 10.3. The topological polar surface area (TPSA) is 90.9 Å². The third-order valence-corrected chi connectivity index (χ3v) is 4.44. The molecule has 0 spiro atoms. The highest BCUT2D eigenvalue weighted by Gasteiger charge is 2.28. The molecule has 5 nitrogen and oxygen atoms in total. The van der Waals surface area contributed by atoms with Crippen LogP contribution >= 0.6 is 0 Å². The van der Waals surface area contributed by atoms with E-state index < -0.39 is 5.60 Å². The first-order chi connectivity index (χ1) is 9.40. The molecule has 1 aliphatic carbocycles. The largest absolute Gasteiger partial charge is 0.409 e. The Kier molecular flexibility index (Phi) is 6.76. The highest BCUT2D eigenvalue weighted by atomic mass is 16.4. The SMILES string of the molecule is CC(C)(CCCCNCC1(O)CCCCC1)C(N)=NO. The van der Waals surface area contributed by atoms with E-state index in [1.165, 1.54) is 6.42 Å². The van der Waals surface area contributed by atoms with E-state index >= 15 is 0 Å². The molecule has 0 amide bonds. The molecule has 0 atom stereocenters. The highest BCUT2D eigenvalue weighted by Crippen LogP contribution is 2.27. The molecule has 0 bridgehead atoms. The third-order valence-electron chi connectivity index (χ3n) is 4.44. The molecule has 0 radical (unpaired) electrons. The fraction of sp³-hybridized carbons (Fsp3) is 0.933. The minimum atomic E-state index is -0.481. The van der Waals surface area contributed by atoms with Crippen LogP contribution in [0.4, 0.5) is 0 Å². The third kappa shape index (κ3) is 5.67. The van der Waals surface area contributed by atoms with Gasteiger partial charge in [0.05, 0.1) is 5.60 Å². The average Bonchev–Trinajstić information content (AvgIpc) is 2.42. The van der Waals surface area contributed by atoms with Gasteiger partial charge in [0.2, 0.25) is 0 Å². The predicted octanol–water partition coefficient (Wildman–Crippen LogP) is 2.21. The first-order valence-electron chi connectivity index (χ1n) is 7.81. The molecule has 1 fully saturated rings. The number of nitrogens with zero attached hydrogens (tertiary/aromatic N) is 1. The molecular formula is C15H31N3O2. The molecule has 0 heterocycles. The number of unbranched alkanes of at least 4 members (excludes halogenated alkanes) is 1.